The number of carboxylic acids is 1. The van der Waals surface area contributed by atoms with Crippen LogP contribution in [-0.4, -0.2) is 27.3 Å². The Morgan fingerprint density at radius 1 is 1.12 bits per heavy atom. The molecule has 2 atom stereocenters. The molecule has 1 unspecified atom stereocenters. The zero-order chi connectivity index (χ0) is 24.4. The second kappa shape index (κ2) is 9.91. The summed E-state index contributed by atoms with van der Waals surface area (Å²) in [7, 11) is 0. The first-order valence-corrected chi connectivity index (χ1v) is 11.5. The number of halogens is 2. The number of rotatable bonds is 8. The standard InChI is InChI=1S/C25H22Cl2N2O5/c1-4-13(2)23-17(9-10-22(28-23)33-16-7-5-15(26)6-8-16)24-18-11-21(32-14(3)25(30)31)19(27)12-20(18)34-29-24/h5-14H,4H2,1-3H3,(H,30,31)/t13?,14-/m0/s1. The van der Waals surface area contributed by atoms with E-state index in [-0.39, 0.29) is 16.7 Å². The fourth-order valence-electron chi connectivity index (χ4n) is 3.37. The molecule has 0 spiro atoms. The Morgan fingerprint density at radius 2 is 1.85 bits per heavy atom. The van der Waals surface area contributed by atoms with Gasteiger partial charge in [0, 0.05) is 22.7 Å². The van der Waals surface area contributed by atoms with Crippen LogP contribution in [0.2, 0.25) is 10.0 Å². The number of carboxylic acid groups (broad SMARTS) is 1. The van der Waals surface area contributed by atoms with E-state index in [1.54, 1.807) is 42.5 Å². The summed E-state index contributed by atoms with van der Waals surface area (Å²) >= 11 is 12.2. The Bertz CT molecular complexity index is 1340. The molecule has 2 aromatic carbocycles. The summed E-state index contributed by atoms with van der Waals surface area (Å²) in [4.78, 5) is 16.0. The molecule has 2 aromatic heterocycles. The zero-order valence-corrected chi connectivity index (χ0v) is 20.2. The molecule has 0 bridgehead atoms. The van der Waals surface area contributed by atoms with Crippen molar-refractivity contribution in [3.05, 3.63) is 64.3 Å². The van der Waals surface area contributed by atoms with Crippen LogP contribution < -0.4 is 9.47 Å². The lowest BCUT2D eigenvalue weighted by Crippen LogP contribution is -2.22. The highest BCUT2D eigenvalue weighted by Gasteiger charge is 2.22. The lowest BCUT2D eigenvalue weighted by atomic mass is 9.96. The number of ether oxygens (including phenoxy) is 2. The molecule has 0 saturated carbocycles. The average molecular weight is 501 g/mol. The molecule has 34 heavy (non-hydrogen) atoms. The molecule has 0 aliphatic heterocycles. The van der Waals surface area contributed by atoms with Gasteiger partial charge in [-0.05, 0) is 55.7 Å². The summed E-state index contributed by atoms with van der Waals surface area (Å²) in [6.45, 7) is 5.57. The monoisotopic (exact) mass is 500 g/mol. The van der Waals surface area contributed by atoms with Gasteiger partial charge in [0.15, 0.2) is 11.7 Å². The van der Waals surface area contributed by atoms with Gasteiger partial charge in [0.05, 0.1) is 16.1 Å². The molecular weight excluding hydrogens is 479 g/mol. The van der Waals surface area contributed by atoms with Crippen LogP contribution in [0.4, 0.5) is 0 Å². The second-order valence-electron chi connectivity index (χ2n) is 7.86. The number of pyridine rings is 1. The van der Waals surface area contributed by atoms with Crippen molar-refractivity contribution in [1.82, 2.24) is 10.1 Å². The molecule has 176 valence electrons. The molecule has 7 nitrogen and oxygen atoms in total. The van der Waals surface area contributed by atoms with E-state index >= 15 is 0 Å². The van der Waals surface area contributed by atoms with Gasteiger partial charge in [-0.2, -0.15) is 0 Å². The third-order valence-electron chi connectivity index (χ3n) is 5.45. The molecular formula is C25H22Cl2N2O5. The van der Waals surface area contributed by atoms with E-state index in [1.807, 2.05) is 6.07 Å². The lowest BCUT2D eigenvalue weighted by Gasteiger charge is -2.15. The highest BCUT2D eigenvalue weighted by atomic mass is 35.5. The van der Waals surface area contributed by atoms with Gasteiger partial charge in [0.2, 0.25) is 5.88 Å². The second-order valence-corrected chi connectivity index (χ2v) is 8.70. The van der Waals surface area contributed by atoms with Crippen molar-refractivity contribution in [1.29, 1.82) is 0 Å². The van der Waals surface area contributed by atoms with Crippen molar-refractivity contribution in [2.45, 2.75) is 39.2 Å². The first-order chi connectivity index (χ1) is 16.3. The van der Waals surface area contributed by atoms with Crippen molar-refractivity contribution in [3.8, 4) is 28.6 Å². The summed E-state index contributed by atoms with van der Waals surface area (Å²) in [6, 6.07) is 13.9. The highest BCUT2D eigenvalue weighted by Crippen LogP contribution is 2.39. The van der Waals surface area contributed by atoms with E-state index in [1.165, 1.54) is 6.92 Å². The SMILES string of the molecule is CCC(C)c1nc(Oc2ccc(Cl)cc2)ccc1-c1noc2cc(Cl)c(O[C@@H](C)C(=O)O)cc12. The molecule has 0 radical (unpaired) electrons. The molecule has 0 aliphatic carbocycles. The predicted molar refractivity (Wildman–Crippen MR) is 130 cm³/mol. The van der Waals surface area contributed by atoms with Gasteiger partial charge in [0.25, 0.3) is 0 Å². The Kier molecular flexibility index (Phi) is 6.95. The Hall–Kier alpha value is -3.29. The van der Waals surface area contributed by atoms with Gasteiger partial charge >= 0.3 is 5.97 Å². The van der Waals surface area contributed by atoms with E-state index in [0.717, 1.165) is 17.7 Å². The number of aromatic nitrogens is 2. The molecule has 4 aromatic rings. The minimum absolute atomic E-state index is 0.102. The molecule has 4 rings (SSSR count). The highest BCUT2D eigenvalue weighted by molar-refractivity contribution is 6.33. The number of fused-ring (bicyclic) bond motifs is 1. The fraction of sp³-hybridized carbons (Fsp3) is 0.240. The van der Waals surface area contributed by atoms with Gasteiger partial charge < -0.3 is 19.1 Å². The summed E-state index contributed by atoms with van der Waals surface area (Å²) in [5.74, 6) is 0.299. The van der Waals surface area contributed by atoms with E-state index in [2.05, 4.69) is 19.0 Å². The van der Waals surface area contributed by atoms with Crippen LogP contribution in [0.1, 0.15) is 38.8 Å². The topological polar surface area (TPSA) is 94.7 Å². The van der Waals surface area contributed by atoms with Crippen molar-refractivity contribution in [2.75, 3.05) is 0 Å². The third-order valence-corrected chi connectivity index (χ3v) is 5.99. The van der Waals surface area contributed by atoms with Gasteiger partial charge in [-0.1, -0.05) is 42.2 Å². The van der Waals surface area contributed by atoms with Gasteiger partial charge in [-0.15, -0.1) is 0 Å². The minimum Gasteiger partial charge on any atom is -0.479 e. The zero-order valence-electron chi connectivity index (χ0n) is 18.7. The molecule has 0 fully saturated rings. The van der Waals surface area contributed by atoms with Crippen LogP contribution in [-0.2, 0) is 4.79 Å². The molecule has 0 aliphatic rings. The van der Waals surface area contributed by atoms with Crippen molar-refractivity contribution in [2.24, 2.45) is 0 Å². The molecule has 0 amide bonds. The maximum absolute atomic E-state index is 11.2. The molecule has 9 heteroatoms. The Morgan fingerprint density at radius 3 is 2.53 bits per heavy atom. The van der Waals surface area contributed by atoms with Gasteiger partial charge in [0.1, 0.15) is 17.2 Å². The summed E-state index contributed by atoms with van der Waals surface area (Å²) in [5.41, 5.74) is 2.57. The number of hydrogen-bond donors (Lipinski definition) is 1. The maximum atomic E-state index is 11.2. The van der Waals surface area contributed by atoms with Crippen molar-refractivity contribution in [3.63, 3.8) is 0 Å². The Balaban J connectivity index is 1.77. The first-order valence-electron chi connectivity index (χ1n) is 10.7. The van der Waals surface area contributed by atoms with E-state index in [0.29, 0.717) is 33.3 Å². The number of carbonyl (C=O) groups is 1. The van der Waals surface area contributed by atoms with Crippen molar-refractivity contribution >= 4 is 40.1 Å². The summed E-state index contributed by atoms with van der Waals surface area (Å²) < 4.78 is 17.0. The van der Waals surface area contributed by atoms with Crippen LogP contribution in [0.5, 0.6) is 17.4 Å². The number of aliphatic carboxylic acids is 1. The van der Waals surface area contributed by atoms with Gasteiger partial charge in [-0.3, -0.25) is 0 Å². The van der Waals surface area contributed by atoms with Crippen LogP contribution in [0.25, 0.3) is 22.2 Å². The lowest BCUT2D eigenvalue weighted by molar-refractivity contribution is -0.144. The fourth-order valence-corrected chi connectivity index (χ4v) is 3.70. The number of benzene rings is 2. The molecule has 1 N–H and O–H groups in total. The summed E-state index contributed by atoms with van der Waals surface area (Å²) in [5, 5.41) is 14.9. The molecule has 2 heterocycles. The van der Waals surface area contributed by atoms with Gasteiger partial charge in [-0.25, -0.2) is 9.78 Å². The largest absolute Gasteiger partial charge is 0.479 e. The number of nitrogens with zero attached hydrogens (tertiary/aromatic N) is 2. The predicted octanol–water partition coefficient (Wildman–Crippen LogP) is 7.35. The average Bonchev–Trinajstić information content (AvgIpc) is 3.22. The third kappa shape index (κ3) is 4.95. The van der Waals surface area contributed by atoms with Crippen LogP contribution >= 0.6 is 23.2 Å². The van der Waals surface area contributed by atoms with E-state index in [9.17, 15) is 9.90 Å². The van der Waals surface area contributed by atoms with E-state index in [4.69, 9.17) is 42.2 Å². The maximum Gasteiger partial charge on any atom is 0.344 e. The van der Waals surface area contributed by atoms with Crippen LogP contribution in [0, 0.1) is 0 Å². The van der Waals surface area contributed by atoms with E-state index < -0.39 is 12.1 Å². The molecule has 0 saturated heterocycles. The normalized spacial score (nSPS) is 13.0. The smallest absolute Gasteiger partial charge is 0.344 e. The first kappa shape index (κ1) is 23.9. The van der Waals surface area contributed by atoms with Crippen LogP contribution in [0.3, 0.4) is 0 Å². The quantitative estimate of drug-likeness (QED) is 0.270. The van der Waals surface area contributed by atoms with Crippen molar-refractivity contribution < 1.29 is 23.9 Å². The number of hydrogen-bond acceptors (Lipinski definition) is 6. The summed E-state index contributed by atoms with van der Waals surface area (Å²) in [6.07, 6.45) is -0.226. The minimum atomic E-state index is -1.10. The Labute approximate surface area is 206 Å². The van der Waals surface area contributed by atoms with Crippen LogP contribution in [0.15, 0.2) is 53.1 Å².